The number of carboxylic acid groups (broad SMARTS) is 1. The fourth-order valence-electron chi connectivity index (χ4n) is 2.78. The van der Waals surface area contributed by atoms with Crippen molar-refractivity contribution in [1.29, 1.82) is 0 Å². The van der Waals surface area contributed by atoms with Crippen molar-refractivity contribution in [2.75, 3.05) is 119 Å². The van der Waals surface area contributed by atoms with Gasteiger partial charge < -0.3 is 52.5 Å². The second-order valence-corrected chi connectivity index (χ2v) is 7.40. The second-order valence-electron chi connectivity index (χ2n) is 7.40. The SMILES string of the molecule is O=C(O)COCCOCCOCCOCCOCCOCCOCCOCCOC1CCCCO1. The van der Waals surface area contributed by atoms with E-state index in [0.29, 0.717) is 99.1 Å². The van der Waals surface area contributed by atoms with Gasteiger partial charge in [-0.15, -0.1) is 0 Å². The molecular formula is C23H44O12. The monoisotopic (exact) mass is 512 g/mol. The smallest absolute Gasteiger partial charge is 0.329 e. The molecule has 12 heteroatoms. The first kappa shape index (κ1) is 32.1. The van der Waals surface area contributed by atoms with Crippen LogP contribution in [0.2, 0.25) is 0 Å². The molecule has 0 aromatic rings. The number of hydrogen-bond donors (Lipinski definition) is 1. The van der Waals surface area contributed by atoms with Gasteiger partial charge >= 0.3 is 5.97 Å². The summed E-state index contributed by atoms with van der Waals surface area (Å²) in [5.41, 5.74) is 0. The molecule has 208 valence electrons. The molecule has 1 saturated heterocycles. The number of carbonyl (C=O) groups is 1. The number of ether oxygens (including phenoxy) is 10. The molecule has 0 aliphatic carbocycles. The minimum atomic E-state index is -0.992. The first-order chi connectivity index (χ1) is 17.3. The Bertz CT molecular complexity index is 448. The Morgan fingerprint density at radius 2 is 0.943 bits per heavy atom. The maximum absolute atomic E-state index is 10.2. The molecule has 0 aromatic carbocycles. The van der Waals surface area contributed by atoms with Crippen molar-refractivity contribution in [1.82, 2.24) is 0 Å². The maximum Gasteiger partial charge on any atom is 0.329 e. The zero-order valence-corrected chi connectivity index (χ0v) is 20.9. The van der Waals surface area contributed by atoms with Crippen LogP contribution in [0.5, 0.6) is 0 Å². The van der Waals surface area contributed by atoms with Gasteiger partial charge in [0.05, 0.1) is 106 Å². The zero-order chi connectivity index (χ0) is 25.1. The van der Waals surface area contributed by atoms with Crippen LogP contribution in [0.25, 0.3) is 0 Å². The van der Waals surface area contributed by atoms with Gasteiger partial charge in [-0.25, -0.2) is 4.79 Å². The zero-order valence-electron chi connectivity index (χ0n) is 20.9. The minimum absolute atomic E-state index is 0.0682. The molecule has 1 heterocycles. The fourth-order valence-corrected chi connectivity index (χ4v) is 2.78. The Morgan fingerprint density at radius 3 is 1.29 bits per heavy atom. The number of rotatable bonds is 27. The summed E-state index contributed by atoms with van der Waals surface area (Å²) in [6.45, 7) is 8.02. The van der Waals surface area contributed by atoms with Gasteiger partial charge in [0.15, 0.2) is 6.29 Å². The summed E-state index contributed by atoms with van der Waals surface area (Å²) in [5.74, 6) is -0.992. The highest BCUT2D eigenvalue weighted by Crippen LogP contribution is 2.13. The Hall–Kier alpha value is -0.930. The number of hydrogen-bond acceptors (Lipinski definition) is 11. The van der Waals surface area contributed by atoms with Gasteiger partial charge in [-0.3, -0.25) is 0 Å². The Morgan fingerprint density at radius 1 is 0.571 bits per heavy atom. The minimum Gasteiger partial charge on any atom is -0.480 e. The van der Waals surface area contributed by atoms with Crippen LogP contribution in [-0.4, -0.2) is 136 Å². The summed E-state index contributed by atoms with van der Waals surface area (Å²) in [4.78, 5) is 10.2. The first-order valence-corrected chi connectivity index (χ1v) is 12.4. The molecule has 1 aliphatic rings. The van der Waals surface area contributed by atoms with E-state index in [1.807, 2.05) is 0 Å². The van der Waals surface area contributed by atoms with Crippen LogP contribution in [0, 0.1) is 0 Å². The molecule has 1 rings (SSSR count). The van der Waals surface area contributed by atoms with Gasteiger partial charge in [0.25, 0.3) is 0 Å². The van der Waals surface area contributed by atoms with Crippen molar-refractivity contribution in [3.05, 3.63) is 0 Å². The van der Waals surface area contributed by atoms with Crippen LogP contribution in [0.3, 0.4) is 0 Å². The van der Waals surface area contributed by atoms with E-state index in [1.54, 1.807) is 0 Å². The quantitative estimate of drug-likeness (QED) is 0.156. The molecule has 0 saturated carbocycles. The van der Waals surface area contributed by atoms with Crippen molar-refractivity contribution in [2.45, 2.75) is 25.6 Å². The average Bonchev–Trinajstić information content (AvgIpc) is 2.86. The van der Waals surface area contributed by atoms with Gasteiger partial charge in [0.1, 0.15) is 6.61 Å². The standard InChI is InChI=1S/C23H44O12/c24-22(25)21-33-18-17-31-14-13-29-10-9-27-6-5-26-7-8-28-11-12-30-15-16-32-19-20-35-23-3-1-2-4-34-23/h23H,1-21H2,(H,24,25). The van der Waals surface area contributed by atoms with Gasteiger partial charge in [-0.2, -0.15) is 0 Å². The number of aliphatic carboxylic acids is 1. The summed E-state index contributed by atoms with van der Waals surface area (Å²) in [7, 11) is 0. The highest BCUT2D eigenvalue weighted by Gasteiger charge is 2.13. The summed E-state index contributed by atoms with van der Waals surface area (Å²) < 4.78 is 53.7. The van der Waals surface area contributed by atoms with Crippen LogP contribution < -0.4 is 0 Å². The molecule has 1 aliphatic heterocycles. The van der Waals surface area contributed by atoms with Crippen LogP contribution >= 0.6 is 0 Å². The molecule has 0 spiro atoms. The van der Waals surface area contributed by atoms with E-state index in [1.165, 1.54) is 0 Å². The van der Waals surface area contributed by atoms with Crippen LogP contribution in [-0.2, 0) is 52.2 Å². The lowest BCUT2D eigenvalue weighted by molar-refractivity contribution is -0.169. The van der Waals surface area contributed by atoms with Gasteiger partial charge in [0.2, 0.25) is 0 Å². The van der Waals surface area contributed by atoms with E-state index < -0.39 is 5.97 Å². The van der Waals surface area contributed by atoms with Crippen LogP contribution in [0.1, 0.15) is 19.3 Å². The lowest BCUT2D eigenvalue weighted by Crippen LogP contribution is -2.24. The van der Waals surface area contributed by atoms with E-state index in [-0.39, 0.29) is 19.5 Å². The third-order valence-corrected chi connectivity index (χ3v) is 4.50. The molecule has 1 atom stereocenters. The van der Waals surface area contributed by atoms with Crippen molar-refractivity contribution < 1.29 is 57.3 Å². The normalized spacial score (nSPS) is 16.1. The van der Waals surface area contributed by atoms with E-state index in [0.717, 1.165) is 25.9 Å². The van der Waals surface area contributed by atoms with Gasteiger partial charge in [-0.1, -0.05) is 0 Å². The van der Waals surface area contributed by atoms with Crippen molar-refractivity contribution in [3.63, 3.8) is 0 Å². The largest absolute Gasteiger partial charge is 0.480 e. The molecule has 0 radical (unpaired) electrons. The molecule has 12 nitrogen and oxygen atoms in total. The van der Waals surface area contributed by atoms with Crippen molar-refractivity contribution in [2.24, 2.45) is 0 Å². The van der Waals surface area contributed by atoms with Gasteiger partial charge in [-0.05, 0) is 19.3 Å². The topological polar surface area (TPSA) is 130 Å². The summed E-state index contributed by atoms with van der Waals surface area (Å²) in [5, 5.41) is 8.40. The van der Waals surface area contributed by atoms with E-state index >= 15 is 0 Å². The molecule has 35 heavy (non-hydrogen) atoms. The molecule has 0 bridgehead atoms. The summed E-state index contributed by atoms with van der Waals surface area (Å²) in [6.07, 6.45) is 3.18. The Labute approximate surface area is 208 Å². The summed E-state index contributed by atoms with van der Waals surface area (Å²) in [6, 6.07) is 0. The third kappa shape index (κ3) is 24.5. The van der Waals surface area contributed by atoms with E-state index in [9.17, 15) is 4.79 Å². The predicted molar refractivity (Wildman–Crippen MR) is 124 cm³/mol. The number of carboxylic acids is 1. The lowest BCUT2D eigenvalue weighted by atomic mass is 10.2. The lowest BCUT2D eigenvalue weighted by Gasteiger charge is -2.22. The highest BCUT2D eigenvalue weighted by molar-refractivity contribution is 5.67. The van der Waals surface area contributed by atoms with Crippen LogP contribution in [0.4, 0.5) is 0 Å². The Kier molecular flexibility index (Phi) is 24.0. The molecule has 1 unspecified atom stereocenters. The Balaban J connectivity index is 1.62. The molecule has 0 amide bonds. The first-order valence-electron chi connectivity index (χ1n) is 12.4. The second kappa shape index (κ2) is 26.1. The predicted octanol–water partition coefficient (Wildman–Crippen LogP) is 0.747. The molecule has 1 N–H and O–H groups in total. The third-order valence-electron chi connectivity index (χ3n) is 4.50. The summed E-state index contributed by atoms with van der Waals surface area (Å²) >= 11 is 0. The van der Waals surface area contributed by atoms with Crippen molar-refractivity contribution in [3.8, 4) is 0 Å². The molecule has 1 fully saturated rings. The van der Waals surface area contributed by atoms with E-state index in [2.05, 4.69) is 0 Å². The molecular weight excluding hydrogens is 468 g/mol. The molecule has 0 aromatic heterocycles. The maximum atomic E-state index is 10.2. The fraction of sp³-hybridized carbons (Fsp3) is 0.957. The highest BCUT2D eigenvalue weighted by atomic mass is 16.7. The van der Waals surface area contributed by atoms with E-state index in [4.69, 9.17) is 52.5 Å². The van der Waals surface area contributed by atoms with Gasteiger partial charge in [0, 0.05) is 6.61 Å². The average molecular weight is 513 g/mol. The van der Waals surface area contributed by atoms with Crippen molar-refractivity contribution >= 4 is 5.97 Å². The van der Waals surface area contributed by atoms with Crippen LogP contribution in [0.15, 0.2) is 0 Å².